The highest BCUT2D eigenvalue weighted by atomic mass is 79.9. The van der Waals surface area contributed by atoms with Crippen LogP contribution in [0, 0.1) is 0 Å². The summed E-state index contributed by atoms with van der Waals surface area (Å²) in [6.45, 7) is 3.98. The van der Waals surface area contributed by atoms with Crippen LogP contribution in [-0.2, 0) is 0 Å². The number of ether oxygens (including phenoxy) is 1. The van der Waals surface area contributed by atoms with Crippen molar-refractivity contribution in [1.82, 2.24) is 0 Å². The Hall–Kier alpha value is -2.33. The highest BCUT2D eigenvalue weighted by Gasteiger charge is 2.35. The van der Waals surface area contributed by atoms with Crippen LogP contribution in [0.2, 0.25) is 0 Å². The summed E-state index contributed by atoms with van der Waals surface area (Å²) in [7, 11) is 0. The first kappa shape index (κ1) is 13.3. The maximum Gasteiger partial charge on any atom is 0.344 e. The molecule has 0 aliphatic carbocycles. The van der Waals surface area contributed by atoms with Gasteiger partial charge < -0.3 is 9.15 Å². The van der Waals surface area contributed by atoms with Gasteiger partial charge in [0.05, 0.1) is 16.9 Å². The number of hydrogen-bond donors (Lipinski definition) is 0. The van der Waals surface area contributed by atoms with E-state index in [9.17, 15) is 4.79 Å². The molecule has 0 bridgehead atoms. The predicted octanol–water partition coefficient (Wildman–Crippen LogP) is 4.59. The van der Waals surface area contributed by atoms with Crippen molar-refractivity contribution < 1.29 is 9.15 Å². The second-order valence-electron chi connectivity index (χ2n) is 5.18. The van der Waals surface area contributed by atoms with Crippen LogP contribution < -0.4 is 10.4 Å². The molecule has 2 aromatic carbocycles. The van der Waals surface area contributed by atoms with Crippen LogP contribution in [0.1, 0.15) is 17.0 Å². The number of hydrogen-bond acceptors (Lipinski definition) is 3. The second-order valence-corrected chi connectivity index (χ2v) is 6.10. The Morgan fingerprint density at radius 3 is 2.64 bits per heavy atom. The minimum Gasteiger partial charge on any atom is -0.460 e. The van der Waals surface area contributed by atoms with Crippen LogP contribution in [0.3, 0.4) is 0 Å². The maximum atomic E-state index is 12.4. The maximum absolute atomic E-state index is 12.4. The molecule has 1 atom stereocenters. The van der Waals surface area contributed by atoms with Gasteiger partial charge in [0.1, 0.15) is 17.1 Å². The largest absolute Gasteiger partial charge is 0.460 e. The molecule has 1 aliphatic rings. The van der Waals surface area contributed by atoms with Gasteiger partial charge in [-0.25, -0.2) is 4.79 Å². The molecule has 0 saturated carbocycles. The predicted molar refractivity (Wildman–Crippen MR) is 88.2 cm³/mol. The number of rotatable bonds is 1. The van der Waals surface area contributed by atoms with Gasteiger partial charge in [-0.1, -0.05) is 52.8 Å². The summed E-state index contributed by atoms with van der Waals surface area (Å²) >= 11 is 3.44. The summed E-state index contributed by atoms with van der Waals surface area (Å²) in [6, 6.07) is 15.2. The van der Waals surface area contributed by atoms with Crippen molar-refractivity contribution in [3.8, 4) is 5.75 Å². The molecule has 1 unspecified atom stereocenters. The van der Waals surface area contributed by atoms with Crippen molar-refractivity contribution in [2.24, 2.45) is 0 Å². The third-order valence-electron chi connectivity index (χ3n) is 3.83. The molecule has 4 heteroatoms. The van der Waals surface area contributed by atoms with Gasteiger partial charge in [-0.15, -0.1) is 0 Å². The molecule has 4 rings (SSSR count). The van der Waals surface area contributed by atoms with E-state index in [1.54, 1.807) is 6.07 Å². The van der Waals surface area contributed by atoms with E-state index in [4.69, 9.17) is 9.15 Å². The first-order chi connectivity index (χ1) is 10.6. The molecule has 0 amide bonds. The summed E-state index contributed by atoms with van der Waals surface area (Å²) in [4.78, 5) is 12.4. The lowest BCUT2D eigenvalue weighted by Crippen LogP contribution is -2.10. The van der Waals surface area contributed by atoms with Crippen molar-refractivity contribution >= 4 is 26.9 Å². The third-order valence-corrected chi connectivity index (χ3v) is 4.32. The van der Waals surface area contributed by atoms with Gasteiger partial charge in [0.25, 0.3) is 0 Å². The monoisotopic (exact) mass is 354 g/mol. The van der Waals surface area contributed by atoms with Crippen LogP contribution in [0.15, 0.2) is 74.6 Å². The number of halogens is 1. The number of allylic oxidation sites excluding steroid dienone is 1. The van der Waals surface area contributed by atoms with Crippen LogP contribution in [0.4, 0.5) is 0 Å². The van der Waals surface area contributed by atoms with Crippen molar-refractivity contribution in [3.63, 3.8) is 0 Å². The Morgan fingerprint density at radius 2 is 1.86 bits per heavy atom. The summed E-state index contributed by atoms with van der Waals surface area (Å²) in [5, 5.41) is 0.767. The van der Waals surface area contributed by atoms with E-state index in [2.05, 4.69) is 22.5 Å². The van der Waals surface area contributed by atoms with Gasteiger partial charge >= 0.3 is 5.63 Å². The molecule has 3 aromatic rings. The zero-order chi connectivity index (χ0) is 15.3. The van der Waals surface area contributed by atoms with Gasteiger partial charge in [0.15, 0.2) is 0 Å². The molecule has 0 saturated heterocycles. The highest BCUT2D eigenvalue weighted by Crippen LogP contribution is 2.45. The average molecular weight is 355 g/mol. The van der Waals surface area contributed by atoms with Gasteiger partial charge in [0, 0.05) is 4.47 Å². The second kappa shape index (κ2) is 4.85. The highest BCUT2D eigenvalue weighted by molar-refractivity contribution is 9.10. The fourth-order valence-electron chi connectivity index (χ4n) is 2.87. The van der Waals surface area contributed by atoms with Crippen molar-refractivity contribution in [1.29, 1.82) is 0 Å². The number of fused-ring (bicyclic) bond motifs is 3. The van der Waals surface area contributed by atoms with E-state index >= 15 is 0 Å². The topological polar surface area (TPSA) is 39.4 Å². The molecule has 3 nitrogen and oxygen atoms in total. The lowest BCUT2D eigenvalue weighted by molar-refractivity contribution is 0.442. The first-order valence-electron chi connectivity index (χ1n) is 6.83. The van der Waals surface area contributed by atoms with E-state index in [0.29, 0.717) is 22.7 Å². The minimum absolute atomic E-state index is 0.296. The van der Waals surface area contributed by atoms with E-state index in [-0.39, 0.29) is 11.5 Å². The van der Waals surface area contributed by atoms with E-state index in [1.807, 2.05) is 42.5 Å². The summed E-state index contributed by atoms with van der Waals surface area (Å²) in [5.41, 5.74) is 1.61. The Balaban J connectivity index is 2.04. The normalized spacial score (nSPS) is 16.6. The van der Waals surface area contributed by atoms with Gasteiger partial charge in [0.2, 0.25) is 0 Å². The quantitative estimate of drug-likeness (QED) is 0.599. The van der Waals surface area contributed by atoms with Crippen molar-refractivity contribution in [3.05, 3.63) is 86.9 Å². The zero-order valence-electron chi connectivity index (χ0n) is 11.5. The molecule has 22 heavy (non-hydrogen) atoms. The molecule has 0 radical (unpaired) electrons. The first-order valence-corrected chi connectivity index (χ1v) is 7.62. The lowest BCUT2D eigenvalue weighted by atomic mass is 9.92. The molecule has 108 valence electrons. The zero-order valence-corrected chi connectivity index (χ0v) is 13.1. The molecule has 0 N–H and O–H groups in total. The van der Waals surface area contributed by atoms with Crippen molar-refractivity contribution in [2.75, 3.05) is 0 Å². The van der Waals surface area contributed by atoms with E-state index < -0.39 is 0 Å². The third kappa shape index (κ3) is 1.91. The van der Waals surface area contributed by atoms with Crippen LogP contribution >= 0.6 is 15.9 Å². The van der Waals surface area contributed by atoms with E-state index in [0.717, 1.165) is 15.4 Å². The Labute approximate surface area is 135 Å². The van der Waals surface area contributed by atoms with Crippen LogP contribution in [-0.4, -0.2) is 0 Å². The SMILES string of the molecule is C=C1Oc2c(c(=O)oc3ccc(Br)cc23)C1c1ccccc1. The van der Waals surface area contributed by atoms with Crippen molar-refractivity contribution in [2.45, 2.75) is 5.92 Å². The Kier molecular flexibility index (Phi) is 2.94. The van der Waals surface area contributed by atoms with Crippen LogP contribution in [0.25, 0.3) is 11.0 Å². The molecule has 1 aromatic heterocycles. The molecule has 2 heterocycles. The van der Waals surface area contributed by atoms with Gasteiger partial charge in [-0.3, -0.25) is 0 Å². The Morgan fingerprint density at radius 1 is 1.09 bits per heavy atom. The van der Waals surface area contributed by atoms with Gasteiger partial charge in [-0.2, -0.15) is 0 Å². The molecule has 1 aliphatic heterocycles. The van der Waals surface area contributed by atoms with Gasteiger partial charge in [-0.05, 0) is 23.8 Å². The molecular weight excluding hydrogens is 344 g/mol. The van der Waals surface area contributed by atoms with E-state index in [1.165, 1.54) is 0 Å². The molecule has 0 fully saturated rings. The fraction of sp³-hybridized carbons (Fsp3) is 0.0556. The number of benzene rings is 2. The summed E-state index contributed by atoms with van der Waals surface area (Å²) in [5.74, 6) is 0.795. The lowest BCUT2D eigenvalue weighted by Gasteiger charge is -2.09. The minimum atomic E-state index is -0.377. The summed E-state index contributed by atoms with van der Waals surface area (Å²) in [6.07, 6.45) is 0. The molecule has 0 spiro atoms. The Bertz CT molecular complexity index is 957. The van der Waals surface area contributed by atoms with Crippen LogP contribution in [0.5, 0.6) is 5.75 Å². The average Bonchev–Trinajstić information content (AvgIpc) is 2.87. The fourth-order valence-corrected chi connectivity index (χ4v) is 3.23. The molecular formula is C18H11BrO3. The smallest absolute Gasteiger partial charge is 0.344 e. The standard InChI is InChI=1S/C18H11BrO3/c1-10-15(11-5-3-2-4-6-11)16-17(21-10)13-9-12(19)7-8-14(13)22-18(16)20/h2-9,15H,1H2. The summed E-state index contributed by atoms with van der Waals surface area (Å²) < 4.78 is 12.2.